The van der Waals surface area contributed by atoms with Crippen LogP contribution in [-0.2, 0) is 20.9 Å². The van der Waals surface area contributed by atoms with Gasteiger partial charge in [-0.3, -0.25) is 4.79 Å². The molecule has 2 unspecified atom stereocenters. The van der Waals surface area contributed by atoms with E-state index in [1.165, 1.54) is 0 Å². The van der Waals surface area contributed by atoms with E-state index in [1.54, 1.807) is 4.90 Å². The van der Waals surface area contributed by atoms with Gasteiger partial charge < -0.3 is 19.5 Å². The van der Waals surface area contributed by atoms with E-state index in [0.717, 1.165) is 5.56 Å². The van der Waals surface area contributed by atoms with Gasteiger partial charge in [0.05, 0.1) is 25.2 Å². The molecule has 1 aromatic rings. The molecule has 6 heteroatoms. The minimum atomic E-state index is -0.822. The molecule has 1 fully saturated rings. The Morgan fingerprint density at radius 3 is 2.52 bits per heavy atom. The molecular weight excluding hydrogens is 322 g/mol. The molecule has 0 bridgehead atoms. The minimum absolute atomic E-state index is 0.290. The molecule has 1 aliphatic rings. The summed E-state index contributed by atoms with van der Waals surface area (Å²) < 4.78 is 11.2. The van der Waals surface area contributed by atoms with E-state index in [0.29, 0.717) is 26.0 Å². The number of likely N-dealkylation sites (tertiary alicyclic amines) is 1. The van der Waals surface area contributed by atoms with Crippen LogP contribution in [0.15, 0.2) is 30.3 Å². The predicted molar refractivity (Wildman–Crippen MR) is 93.2 cm³/mol. The Morgan fingerprint density at radius 2 is 1.92 bits per heavy atom. The number of piperidine rings is 1. The second-order valence-corrected chi connectivity index (χ2v) is 7.39. The summed E-state index contributed by atoms with van der Waals surface area (Å²) in [5.74, 6) is -1.28. The fraction of sp³-hybridized carbons (Fsp3) is 0.579. The highest BCUT2D eigenvalue weighted by Crippen LogP contribution is 2.25. The second kappa shape index (κ2) is 8.34. The molecule has 0 radical (unpaired) electrons. The lowest BCUT2D eigenvalue weighted by atomic mass is 9.91. The van der Waals surface area contributed by atoms with Crippen LogP contribution >= 0.6 is 0 Å². The molecule has 2 rings (SSSR count). The van der Waals surface area contributed by atoms with Crippen molar-refractivity contribution in [3.63, 3.8) is 0 Å². The summed E-state index contributed by atoms with van der Waals surface area (Å²) in [6.45, 7) is 6.53. The van der Waals surface area contributed by atoms with Gasteiger partial charge in [-0.2, -0.15) is 0 Å². The summed E-state index contributed by atoms with van der Waals surface area (Å²) >= 11 is 0. The quantitative estimate of drug-likeness (QED) is 0.882. The van der Waals surface area contributed by atoms with Gasteiger partial charge in [-0.05, 0) is 39.2 Å². The number of carbonyl (C=O) groups is 2. The van der Waals surface area contributed by atoms with Gasteiger partial charge in [-0.1, -0.05) is 30.3 Å². The van der Waals surface area contributed by atoms with Crippen molar-refractivity contribution >= 4 is 12.1 Å². The maximum Gasteiger partial charge on any atom is 0.410 e. The SMILES string of the molecule is CC(C)(C)OC(=O)N1CCC(C(=O)O)CC1COCc1ccccc1. The first-order chi connectivity index (χ1) is 11.8. The Bertz CT molecular complexity index is 581. The molecule has 6 nitrogen and oxygen atoms in total. The number of carbonyl (C=O) groups excluding carboxylic acids is 1. The zero-order valence-corrected chi connectivity index (χ0v) is 15.1. The van der Waals surface area contributed by atoms with Crippen molar-refractivity contribution in [2.24, 2.45) is 5.92 Å². The molecule has 0 spiro atoms. The van der Waals surface area contributed by atoms with E-state index < -0.39 is 23.6 Å². The lowest BCUT2D eigenvalue weighted by molar-refractivity contribution is -0.144. The van der Waals surface area contributed by atoms with Gasteiger partial charge in [0.25, 0.3) is 0 Å². The molecule has 1 heterocycles. The zero-order valence-electron chi connectivity index (χ0n) is 15.1. The van der Waals surface area contributed by atoms with Crippen LogP contribution in [0.3, 0.4) is 0 Å². The molecule has 2 atom stereocenters. The lowest BCUT2D eigenvalue weighted by Crippen LogP contribution is -2.51. The average Bonchev–Trinajstić information content (AvgIpc) is 2.54. The lowest BCUT2D eigenvalue weighted by Gasteiger charge is -2.38. The summed E-state index contributed by atoms with van der Waals surface area (Å²) in [7, 11) is 0. The van der Waals surface area contributed by atoms with Crippen LogP contribution in [0.1, 0.15) is 39.2 Å². The standard InChI is InChI=1S/C19H27NO5/c1-19(2,3)25-18(23)20-10-9-15(17(21)22)11-16(20)13-24-12-14-7-5-4-6-8-14/h4-8,15-16H,9-13H2,1-3H3,(H,21,22). The van der Waals surface area contributed by atoms with Crippen molar-refractivity contribution in [3.05, 3.63) is 35.9 Å². The number of benzene rings is 1. The summed E-state index contributed by atoms with van der Waals surface area (Å²) in [4.78, 5) is 25.4. The highest BCUT2D eigenvalue weighted by Gasteiger charge is 2.36. The van der Waals surface area contributed by atoms with E-state index in [1.807, 2.05) is 51.1 Å². The van der Waals surface area contributed by atoms with Crippen LogP contribution in [0.4, 0.5) is 4.79 Å². The van der Waals surface area contributed by atoms with Crippen molar-refractivity contribution in [1.82, 2.24) is 4.90 Å². The zero-order chi connectivity index (χ0) is 18.4. The Morgan fingerprint density at radius 1 is 1.24 bits per heavy atom. The molecule has 138 valence electrons. The summed E-state index contributed by atoms with van der Waals surface area (Å²) in [5.41, 5.74) is 0.452. The first-order valence-electron chi connectivity index (χ1n) is 8.60. The maximum absolute atomic E-state index is 12.4. The number of carboxylic acids is 1. The highest BCUT2D eigenvalue weighted by molar-refractivity contribution is 5.72. The first-order valence-corrected chi connectivity index (χ1v) is 8.60. The van der Waals surface area contributed by atoms with Crippen LogP contribution in [0, 0.1) is 5.92 Å². The molecule has 25 heavy (non-hydrogen) atoms. The van der Waals surface area contributed by atoms with Crippen LogP contribution in [-0.4, -0.2) is 46.9 Å². The van der Waals surface area contributed by atoms with E-state index in [2.05, 4.69) is 0 Å². The van der Waals surface area contributed by atoms with Gasteiger partial charge in [-0.15, -0.1) is 0 Å². The Hall–Kier alpha value is -2.08. The molecule has 1 N–H and O–H groups in total. The van der Waals surface area contributed by atoms with E-state index in [4.69, 9.17) is 9.47 Å². The Kier molecular flexibility index (Phi) is 6.42. The Labute approximate surface area is 148 Å². The van der Waals surface area contributed by atoms with Crippen molar-refractivity contribution < 1.29 is 24.2 Å². The Balaban J connectivity index is 1.98. The fourth-order valence-electron chi connectivity index (χ4n) is 2.88. The van der Waals surface area contributed by atoms with Gasteiger partial charge in [-0.25, -0.2) is 4.79 Å². The number of hydrogen-bond donors (Lipinski definition) is 1. The number of aliphatic carboxylic acids is 1. The van der Waals surface area contributed by atoms with Crippen LogP contribution in [0.25, 0.3) is 0 Å². The summed E-state index contributed by atoms with van der Waals surface area (Å²) in [6.07, 6.45) is 0.400. The normalized spacial score (nSPS) is 21.0. The average molecular weight is 349 g/mol. The third-order valence-corrected chi connectivity index (χ3v) is 4.11. The molecule has 1 aromatic carbocycles. The molecule has 1 amide bonds. The van der Waals surface area contributed by atoms with E-state index in [9.17, 15) is 14.7 Å². The molecular formula is C19H27NO5. The van der Waals surface area contributed by atoms with Gasteiger partial charge >= 0.3 is 12.1 Å². The molecule has 0 aromatic heterocycles. The van der Waals surface area contributed by atoms with Gasteiger partial charge in [0.15, 0.2) is 0 Å². The fourth-order valence-corrected chi connectivity index (χ4v) is 2.88. The van der Waals surface area contributed by atoms with Gasteiger partial charge in [0.1, 0.15) is 5.60 Å². The molecule has 1 aliphatic heterocycles. The van der Waals surface area contributed by atoms with E-state index in [-0.39, 0.29) is 12.6 Å². The number of carboxylic acid groups (broad SMARTS) is 1. The topological polar surface area (TPSA) is 76.1 Å². The summed E-state index contributed by atoms with van der Waals surface area (Å²) in [6, 6.07) is 9.44. The number of rotatable bonds is 5. The third kappa shape index (κ3) is 6.05. The number of ether oxygens (including phenoxy) is 2. The van der Waals surface area contributed by atoms with Crippen molar-refractivity contribution in [1.29, 1.82) is 0 Å². The molecule has 0 aliphatic carbocycles. The van der Waals surface area contributed by atoms with Crippen molar-refractivity contribution in [2.45, 2.75) is 51.9 Å². The summed E-state index contributed by atoms with van der Waals surface area (Å²) in [5, 5.41) is 9.30. The number of nitrogens with zero attached hydrogens (tertiary/aromatic N) is 1. The number of amides is 1. The third-order valence-electron chi connectivity index (χ3n) is 4.11. The smallest absolute Gasteiger partial charge is 0.410 e. The largest absolute Gasteiger partial charge is 0.481 e. The maximum atomic E-state index is 12.4. The van der Waals surface area contributed by atoms with Gasteiger partial charge in [0, 0.05) is 6.54 Å². The van der Waals surface area contributed by atoms with Crippen molar-refractivity contribution in [2.75, 3.05) is 13.2 Å². The number of hydrogen-bond acceptors (Lipinski definition) is 4. The first kappa shape index (κ1) is 19.2. The van der Waals surface area contributed by atoms with E-state index >= 15 is 0 Å². The van der Waals surface area contributed by atoms with Crippen LogP contribution in [0.2, 0.25) is 0 Å². The highest BCUT2D eigenvalue weighted by atomic mass is 16.6. The van der Waals surface area contributed by atoms with Crippen LogP contribution < -0.4 is 0 Å². The van der Waals surface area contributed by atoms with Gasteiger partial charge in [0.2, 0.25) is 0 Å². The molecule has 0 saturated carbocycles. The predicted octanol–water partition coefficient (Wildman–Crippen LogP) is 3.30. The monoisotopic (exact) mass is 349 g/mol. The minimum Gasteiger partial charge on any atom is -0.481 e. The second-order valence-electron chi connectivity index (χ2n) is 7.39. The van der Waals surface area contributed by atoms with Crippen molar-refractivity contribution in [3.8, 4) is 0 Å². The molecule has 1 saturated heterocycles. The van der Waals surface area contributed by atoms with Crippen LogP contribution in [0.5, 0.6) is 0 Å².